The van der Waals surface area contributed by atoms with Crippen LogP contribution in [0.25, 0.3) is 0 Å². The first-order chi connectivity index (χ1) is 35.0. The number of ether oxygens (including phenoxy) is 3. The van der Waals surface area contributed by atoms with Crippen molar-refractivity contribution in [1.82, 2.24) is 0 Å². The topological polar surface area (TPSA) is 78.9 Å². The minimum Gasteiger partial charge on any atom is -0.462 e. The number of rotatable bonds is 59. The molecule has 0 bridgehead atoms. The van der Waals surface area contributed by atoms with E-state index in [0.29, 0.717) is 19.3 Å². The zero-order chi connectivity index (χ0) is 51.4. The van der Waals surface area contributed by atoms with E-state index in [9.17, 15) is 14.4 Å². The molecule has 0 spiro atoms. The smallest absolute Gasteiger partial charge is 0.306 e. The third-order valence-corrected chi connectivity index (χ3v) is 14.4. The summed E-state index contributed by atoms with van der Waals surface area (Å²) in [6.45, 7) is 6.61. The van der Waals surface area contributed by atoms with Crippen molar-refractivity contribution in [1.29, 1.82) is 0 Å². The Bertz CT molecular complexity index is 1150. The predicted molar refractivity (Wildman–Crippen MR) is 307 cm³/mol. The first kappa shape index (κ1) is 68.9. The molecule has 0 rings (SSSR count). The molecule has 0 N–H and O–H groups in total. The van der Waals surface area contributed by atoms with Crippen LogP contribution in [-0.2, 0) is 28.6 Å². The van der Waals surface area contributed by atoms with Gasteiger partial charge in [-0.2, -0.15) is 0 Å². The molecule has 0 saturated carbocycles. The summed E-state index contributed by atoms with van der Waals surface area (Å²) in [5.41, 5.74) is 0. The molecule has 0 aromatic carbocycles. The Hall–Kier alpha value is -2.11. The molecule has 0 amide bonds. The predicted octanol–water partition coefficient (Wildman–Crippen LogP) is 21.4. The fourth-order valence-corrected chi connectivity index (χ4v) is 9.60. The largest absolute Gasteiger partial charge is 0.462 e. The summed E-state index contributed by atoms with van der Waals surface area (Å²) in [7, 11) is 0. The van der Waals surface area contributed by atoms with E-state index in [1.807, 2.05) is 0 Å². The Morgan fingerprint density at radius 3 is 0.775 bits per heavy atom. The van der Waals surface area contributed by atoms with Gasteiger partial charge in [0.2, 0.25) is 0 Å². The Balaban J connectivity index is 4.03. The highest BCUT2D eigenvalue weighted by Gasteiger charge is 2.19. The van der Waals surface area contributed by atoms with Crippen LogP contribution in [0.15, 0.2) is 24.3 Å². The van der Waals surface area contributed by atoms with E-state index in [1.165, 1.54) is 244 Å². The lowest BCUT2D eigenvalue weighted by atomic mass is 10.0. The SMILES string of the molecule is CCCC/C=C\CCCCCCCC(=O)OCC(COC(=O)CCCCCCCCCCCCCCCCCCCCCCCCCCCCCCCC)OC(=O)CCCCCCC/C=C\CCCCC. The van der Waals surface area contributed by atoms with E-state index in [1.54, 1.807) is 0 Å². The van der Waals surface area contributed by atoms with E-state index in [4.69, 9.17) is 14.2 Å². The van der Waals surface area contributed by atoms with Crippen molar-refractivity contribution in [3.63, 3.8) is 0 Å². The van der Waals surface area contributed by atoms with Crippen LogP contribution in [0.3, 0.4) is 0 Å². The van der Waals surface area contributed by atoms with Gasteiger partial charge in [-0.05, 0) is 64.2 Å². The van der Waals surface area contributed by atoms with Crippen molar-refractivity contribution >= 4 is 17.9 Å². The lowest BCUT2D eigenvalue weighted by Crippen LogP contribution is -2.30. The number of carbonyl (C=O) groups excluding carboxylic acids is 3. The van der Waals surface area contributed by atoms with Crippen LogP contribution in [0.2, 0.25) is 0 Å². The van der Waals surface area contributed by atoms with Gasteiger partial charge in [-0.3, -0.25) is 14.4 Å². The molecule has 0 radical (unpaired) electrons. The molecule has 6 nitrogen and oxygen atoms in total. The summed E-state index contributed by atoms with van der Waals surface area (Å²) in [4.78, 5) is 38.1. The summed E-state index contributed by atoms with van der Waals surface area (Å²) >= 11 is 0. The van der Waals surface area contributed by atoms with Gasteiger partial charge < -0.3 is 14.2 Å². The molecule has 0 aromatic heterocycles. The lowest BCUT2D eigenvalue weighted by molar-refractivity contribution is -0.167. The van der Waals surface area contributed by atoms with Gasteiger partial charge in [-0.25, -0.2) is 0 Å². The Morgan fingerprint density at radius 1 is 0.268 bits per heavy atom. The fraction of sp³-hybridized carbons (Fsp3) is 0.892. The molecule has 1 unspecified atom stereocenters. The van der Waals surface area contributed by atoms with Gasteiger partial charge in [0.15, 0.2) is 6.10 Å². The second-order valence-electron chi connectivity index (χ2n) is 21.7. The maximum Gasteiger partial charge on any atom is 0.306 e. The monoisotopic (exact) mass is 999 g/mol. The summed E-state index contributed by atoms with van der Waals surface area (Å²) in [5.74, 6) is -0.874. The van der Waals surface area contributed by atoms with Crippen molar-refractivity contribution < 1.29 is 28.6 Å². The standard InChI is InChI=1S/C65H122O6/c1-4-7-10-13-16-19-22-24-25-26-27-28-29-30-31-32-33-34-35-36-37-38-39-40-41-44-46-49-52-55-58-64(67)70-61-62(60-69-63(66)57-54-51-48-45-42-21-18-15-12-9-6-3)71-65(68)59-56-53-50-47-43-23-20-17-14-11-8-5-2/h15,17-18,20,62H,4-14,16,19,21-61H2,1-3H3/b18-15-,20-17-. The first-order valence-electron chi connectivity index (χ1n) is 31.8. The molecule has 6 heteroatoms. The molecule has 0 aliphatic carbocycles. The molecule has 71 heavy (non-hydrogen) atoms. The molecule has 418 valence electrons. The third-order valence-electron chi connectivity index (χ3n) is 14.4. The van der Waals surface area contributed by atoms with E-state index < -0.39 is 6.10 Å². The molecule has 0 aliphatic rings. The highest BCUT2D eigenvalue weighted by atomic mass is 16.6. The summed E-state index contributed by atoms with van der Waals surface area (Å²) in [6, 6.07) is 0. The molecule has 0 aliphatic heterocycles. The molecular formula is C65H122O6. The Labute approximate surface area is 443 Å². The van der Waals surface area contributed by atoms with Crippen LogP contribution >= 0.6 is 0 Å². The second kappa shape index (κ2) is 60.4. The van der Waals surface area contributed by atoms with E-state index in [0.717, 1.165) is 70.6 Å². The van der Waals surface area contributed by atoms with E-state index >= 15 is 0 Å². The van der Waals surface area contributed by atoms with Gasteiger partial charge in [0.05, 0.1) is 0 Å². The van der Waals surface area contributed by atoms with Crippen molar-refractivity contribution in [2.24, 2.45) is 0 Å². The number of hydrogen-bond acceptors (Lipinski definition) is 6. The van der Waals surface area contributed by atoms with Gasteiger partial charge in [0.1, 0.15) is 13.2 Å². The first-order valence-corrected chi connectivity index (χ1v) is 31.8. The third kappa shape index (κ3) is 58.7. The number of carbonyl (C=O) groups is 3. The van der Waals surface area contributed by atoms with Crippen LogP contribution in [0.1, 0.15) is 355 Å². The van der Waals surface area contributed by atoms with Gasteiger partial charge in [0, 0.05) is 19.3 Å². The van der Waals surface area contributed by atoms with Crippen molar-refractivity contribution in [3.8, 4) is 0 Å². The normalized spacial score (nSPS) is 12.1. The fourth-order valence-electron chi connectivity index (χ4n) is 9.60. The molecule has 0 heterocycles. The summed E-state index contributed by atoms with van der Waals surface area (Å²) in [6.07, 6.45) is 72.2. The van der Waals surface area contributed by atoms with E-state index in [-0.39, 0.29) is 31.1 Å². The maximum absolute atomic E-state index is 12.8. The molecule has 0 fully saturated rings. The molecule has 1 atom stereocenters. The minimum absolute atomic E-state index is 0.0731. The van der Waals surface area contributed by atoms with Crippen molar-refractivity contribution in [2.45, 2.75) is 361 Å². The Kier molecular flexibility index (Phi) is 58.6. The average molecular weight is 1000 g/mol. The zero-order valence-corrected chi connectivity index (χ0v) is 48.0. The highest BCUT2D eigenvalue weighted by molar-refractivity contribution is 5.71. The van der Waals surface area contributed by atoms with Gasteiger partial charge in [0.25, 0.3) is 0 Å². The lowest BCUT2D eigenvalue weighted by Gasteiger charge is -2.18. The van der Waals surface area contributed by atoms with Crippen molar-refractivity contribution in [2.75, 3.05) is 13.2 Å². The number of esters is 3. The highest BCUT2D eigenvalue weighted by Crippen LogP contribution is 2.18. The number of allylic oxidation sites excluding steroid dienone is 4. The molecule has 0 saturated heterocycles. The van der Waals surface area contributed by atoms with Crippen LogP contribution < -0.4 is 0 Å². The zero-order valence-electron chi connectivity index (χ0n) is 48.0. The molecular weight excluding hydrogens is 877 g/mol. The van der Waals surface area contributed by atoms with Crippen LogP contribution in [0, 0.1) is 0 Å². The van der Waals surface area contributed by atoms with Crippen molar-refractivity contribution in [3.05, 3.63) is 24.3 Å². The van der Waals surface area contributed by atoms with Gasteiger partial charge in [-0.1, -0.05) is 295 Å². The number of unbranched alkanes of at least 4 members (excludes halogenated alkanes) is 44. The minimum atomic E-state index is -0.775. The summed E-state index contributed by atoms with van der Waals surface area (Å²) < 4.78 is 16.8. The van der Waals surface area contributed by atoms with Gasteiger partial charge in [-0.15, -0.1) is 0 Å². The molecule has 0 aromatic rings. The van der Waals surface area contributed by atoms with E-state index in [2.05, 4.69) is 45.1 Å². The second-order valence-corrected chi connectivity index (χ2v) is 21.7. The van der Waals surface area contributed by atoms with Crippen LogP contribution in [-0.4, -0.2) is 37.2 Å². The summed E-state index contributed by atoms with van der Waals surface area (Å²) in [5, 5.41) is 0. The van der Waals surface area contributed by atoms with Crippen LogP contribution in [0.5, 0.6) is 0 Å². The maximum atomic E-state index is 12.8. The quantitative estimate of drug-likeness (QED) is 0.0261. The average Bonchev–Trinajstić information content (AvgIpc) is 3.37. The van der Waals surface area contributed by atoms with Crippen LogP contribution in [0.4, 0.5) is 0 Å². The Morgan fingerprint density at radius 2 is 0.479 bits per heavy atom. The number of hydrogen-bond donors (Lipinski definition) is 0. The van der Waals surface area contributed by atoms with Gasteiger partial charge >= 0.3 is 17.9 Å².